The quantitative estimate of drug-likeness (QED) is 0.361. The van der Waals surface area contributed by atoms with E-state index in [1.165, 1.54) is 0 Å². The molecule has 0 amide bonds. The molecule has 1 aromatic rings. The molecule has 7 heteroatoms. The second kappa shape index (κ2) is 9.74. The van der Waals surface area contributed by atoms with Gasteiger partial charge in [0.25, 0.3) is 0 Å². The summed E-state index contributed by atoms with van der Waals surface area (Å²) in [5.41, 5.74) is 2.92. The highest BCUT2D eigenvalue weighted by Gasteiger charge is 2.21. The lowest BCUT2D eigenvalue weighted by Crippen LogP contribution is -2.03. The summed E-state index contributed by atoms with van der Waals surface area (Å²) in [6.45, 7) is 3.11. The molecule has 0 heterocycles. The van der Waals surface area contributed by atoms with Crippen LogP contribution < -0.4 is 0 Å². The number of benzene rings is 1. The van der Waals surface area contributed by atoms with Crippen LogP contribution in [0, 0.1) is 0 Å². The first-order valence-electron chi connectivity index (χ1n) is 8.31. The van der Waals surface area contributed by atoms with Crippen LogP contribution in [-0.4, -0.2) is 24.7 Å². The molecule has 0 aromatic heterocycles. The average molecular weight is 391 g/mol. The van der Waals surface area contributed by atoms with E-state index in [1.807, 2.05) is 56.3 Å². The summed E-state index contributed by atoms with van der Waals surface area (Å²) in [5, 5.41) is 4.03. The summed E-state index contributed by atoms with van der Waals surface area (Å²) in [6, 6.07) is 9.56. The lowest BCUT2D eigenvalue weighted by molar-refractivity contribution is -0.111. The fourth-order valence-electron chi connectivity index (χ4n) is 2.36. The van der Waals surface area contributed by atoms with E-state index in [2.05, 4.69) is 5.16 Å². The zero-order valence-electron chi connectivity index (χ0n) is 15.0. The van der Waals surface area contributed by atoms with Gasteiger partial charge < -0.3 is 4.62 Å². The predicted octanol–water partition coefficient (Wildman–Crippen LogP) is 4.83. The monoisotopic (exact) mass is 391 g/mol. The van der Waals surface area contributed by atoms with Gasteiger partial charge in [-0.2, -0.15) is 0 Å². The molecule has 0 spiro atoms. The molecule has 1 aliphatic carbocycles. The zero-order valence-corrected chi connectivity index (χ0v) is 16.8. The van der Waals surface area contributed by atoms with E-state index < -0.39 is 6.72 Å². The van der Waals surface area contributed by atoms with Gasteiger partial charge in [-0.25, -0.2) is 0 Å². The molecule has 5 nitrogen and oxygen atoms in total. The number of carbonyl (C=O) groups excluding carboxylic acids is 1. The number of allylic oxidation sites excluding steroid dienone is 6. The Morgan fingerprint density at radius 3 is 2.12 bits per heavy atom. The Labute approximate surface area is 159 Å². The van der Waals surface area contributed by atoms with Crippen LogP contribution in [0.4, 0.5) is 0 Å². The smallest absolute Gasteiger partial charge is 0.313 e. The number of carbonyl (C=O) groups is 1. The second-order valence-electron chi connectivity index (χ2n) is 5.30. The van der Waals surface area contributed by atoms with E-state index in [1.54, 1.807) is 19.1 Å². The molecule has 0 radical (unpaired) electrons. The zero-order chi connectivity index (χ0) is 19.0. The van der Waals surface area contributed by atoms with Crippen LogP contribution in [0.15, 0.2) is 65.4 Å². The van der Waals surface area contributed by atoms with Crippen molar-refractivity contribution in [3.05, 3.63) is 65.8 Å². The molecular formula is C19H22NO4PS. The van der Waals surface area contributed by atoms with Crippen LogP contribution in [0.25, 0.3) is 5.57 Å². The van der Waals surface area contributed by atoms with Gasteiger partial charge in [0, 0.05) is 17.4 Å². The molecule has 138 valence electrons. The van der Waals surface area contributed by atoms with E-state index >= 15 is 0 Å². The molecule has 1 aliphatic rings. The SMILES string of the molecule is CCOP(=S)(OCC)ON=C1C=CC(=C(C(C)=O)c2ccccc2)C=C1. The lowest BCUT2D eigenvalue weighted by atomic mass is 9.94. The minimum Gasteiger partial charge on any atom is -0.313 e. The highest BCUT2D eigenvalue weighted by atomic mass is 32.5. The Kier molecular flexibility index (Phi) is 7.66. The van der Waals surface area contributed by atoms with Crippen LogP contribution in [0.3, 0.4) is 0 Å². The number of nitrogens with zero attached hydrogens (tertiary/aromatic N) is 1. The first kappa shape index (κ1) is 20.5. The van der Waals surface area contributed by atoms with Crippen molar-refractivity contribution in [3.63, 3.8) is 0 Å². The minimum absolute atomic E-state index is 0.000307. The third-order valence-corrected chi connectivity index (χ3v) is 5.65. The maximum atomic E-state index is 12.1. The van der Waals surface area contributed by atoms with Crippen molar-refractivity contribution < 1.29 is 18.5 Å². The van der Waals surface area contributed by atoms with Gasteiger partial charge in [0.1, 0.15) is 5.71 Å². The van der Waals surface area contributed by atoms with Gasteiger partial charge in [-0.3, -0.25) is 13.8 Å². The minimum atomic E-state index is -2.87. The summed E-state index contributed by atoms with van der Waals surface area (Å²) in [4.78, 5) is 12.1. The summed E-state index contributed by atoms with van der Waals surface area (Å²) in [6.07, 6.45) is 7.19. The summed E-state index contributed by atoms with van der Waals surface area (Å²) in [7, 11) is 0. The Morgan fingerprint density at radius 1 is 1.04 bits per heavy atom. The fraction of sp³-hybridized carbons (Fsp3) is 0.263. The molecule has 2 rings (SSSR count). The van der Waals surface area contributed by atoms with Crippen molar-refractivity contribution in [2.75, 3.05) is 13.2 Å². The largest absolute Gasteiger partial charge is 0.402 e. The molecule has 0 atom stereocenters. The standard InChI is InChI=1S/C19H22NO4PS/c1-4-22-25(26,23-5-2)24-20-18-13-11-17(12-14-18)19(15(3)21)16-9-7-6-8-10-16/h6-14H,4-5H2,1-3H3. The number of ketones is 1. The van der Waals surface area contributed by atoms with Crippen molar-refractivity contribution in [2.45, 2.75) is 20.8 Å². The van der Waals surface area contributed by atoms with Gasteiger partial charge in [-0.1, -0.05) is 47.6 Å². The Morgan fingerprint density at radius 2 is 1.62 bits per heavy atom. The third kappa shape index (κ3) is 5.58. The Hall–Kier alpha value is -1.85. The molecule has 0 saturated carbocycles. The van der Waals surface area contributed by atoms with Gasteiger partial charge in [-0.15, -0.1) is 0 Å². The highest BCUT2D eigenvalue weighted by molar-refractivity contribution is 8.07. The molecule has 26 heavy (non-hydrogen) atoms. The predicted molar refractivity (Wildman–Crippen MR) is 108 cm³/mol. The summed E-state index contributed by atoms with van der Waals surface area (Å²) in [5.74, 6) is 0.000307. The van der Waals surface area contributed by atoms with Gasteiger partial charge in [-0.05, 0) is 44.1 Å². The van der Waals surface area contributed by atoms with Crippen LogP contribution in [-0.2, 0) is 30.3 Å². The molecular weight excluding hydrogens is 369 g/mol. The van der Waals surface area contributed by atoms with Crippen LogP contribution in [0.1, 0.15) is 26.3 Å². The third-order valence-electron chi connectivity index (χ3n) is 3.39. The highest BCUT2D eigenvalue weighted by Crippen LogP contribution is 2.50. The molecule has 0 unspecified atom stereocenters. The van der Waals surface area contributed by atoms with Crippen molar-refractivity contribution in [2.24, 2.45) is 5.16 Å². The summed E-state index contributed by atoms with van der Waals surface area (Å²) >= 11 is 5.27. The van der Waals surface area contributed by atoms with Crippen LogP contribution >= 0.6 is 6.72 Å². The Balaban J connectivity index is 2.22. The first-order chi connectivity index (χ1) is 12.5. The van der Waals surface area contributed by atoms with E-state index in [9.17, 15) is 4.79 Å². The topological polar surface area (TPSA) is 57.1 Å². The first-order valence-corrected chi connectivity index (χ1v) is 10.9. The van der Waals surface area contributed by atoms with Crippen molar-refractivity contribution in [1.29, 1.82) is 0 Å². The second-order valence-corrected chi connectivity index (χ2v) is 8.22. The van der Waals surface area contributed by atoms with Gasteiger partial charge in [0.2, 0.25) is 0 Å². The van der Waals surface area contributed by atoms with Crippen LogP contribution in [0.5, 0.6) is 0 Å². The number of hydrogen-bond acceptors (Lipinski definition) is 6. The average Bonchev–Trinajstić information content (AvgIpc) is 2.62. The molecule has 0 aliphatic heterocycles. The lowest BCUT2D eigenvalue weighted by Gasteiger charge is -2.17. The number of hydrogen-bond donors (Lipinski definition) is 0. The van der Waals surface area contributed by atoms with Crippen molar-refractivity contribution in [1.82, 2.24) is 0 Å². The maximum Gasteiger partial charge on any atom is 0.402 e. The number of Topliss-reactive ketones (excluding diaryl/α,β-unsaturated/α-hetero) is 1. The summed E-state index contributed by atoms with van der Waals surface area (Å²) < 4.78 is 16.1. The number of oxime groups is 1. The van der Waals surface area contributed by atoms with E-state index in [0.717, 1.165) is 11.1 Å². The molecule has 1 aromatic carbocycles. The van der Waals surface area contributed by atoms with Gasteiger partial charge in [0.15, 0.2) is 5.78 Å². The van der Waals surface area contributed by atoms with Crippen molar-refractivity contribution >= 4 is 35.6 Å². The normalized spacial score (nSPS) is 13.7. The number of rotatable bonds is 8. The maximum absolute atomic E-state index is 12.1. The van der Waals surface area contributed by atoms with E-state index in [-0.39, 0.29) is 5.78 Å². The van der Waals surface area contributed by atoms with Crippen LogP contribution in [0.2, 0.25) is 0 Å². The molecule has 0 bridgehead atoms. The molecule has 0 saturated heterocycles. The fourth-order valence-corrected chi connectivity index (χ4v) is 4.09. The van der Waals surface area contributed by atoms with E-state index in [0.29, 0.717) is 24.5 Å². The molecule has 0 N–H and O–H groups in total. The Bertz CT molecular complexity index is 784. The van der Waals surface area contributed by atoms with Gasteiger partial charge in [0.05, 0.1) is 13.2 Å². The van der Waals surface area contributed by atoms with Gasteiger partial charge >= 0.3 is 6.72 Å². The van der Waals surface area contributed by atoms with Crippen molar-refractivity contribution in [3.8, 4) is 0 Å². The molecule has 0 fully saturated rings. The van der Waals surface area contributed by atoms with E-state index in [4.69, 9.17) is 25.5 Å².